The first-order valence-electron chi connectivity index (χ1n) is 8.37. The van der Waals surface area contributed by atoms with Gasteiger partial charge in [0.15, 0.2) is 5.65 Å². The molecule has 6 nitrogen and oxygen atoms in total. The van der Waals surface area contributed by atoms with Crippen molar-refractivity contribution < 1.29 is 5.11 Å². The molecule has 3 rings (SSSR count). The fourth-order valence-corrected chi connectivity index (χ4v) is 3.29. The fraction of sp³-hybridized carbons (Fsp3) is 0.588. The van der Waals surface area contributed by atoms with E-state index in [0.29, 0.717) is 0 Å². The monoisotopic (exact) mass is 315 g/mol. The Hall–Kier alpha value is -1.79. The smallest absolute Gasteiger partial charge is 0.165 e. The molecule has 0 spiro atoms. The first-order valence-corrected chi connectivity index (χ1v) is 8.37. The third-order valence-electron chi connectivity index (χ3n) is 4.35. The highest BCUT2D eigenvalue weighted by Gasteiger charge is 2.16. The van der Waals surface area contributed by atoms with Crippen LogP contribution in [0, 0.1) is 13.8 Å². The van der Waals surface area contributed by atoms with Crippen molar-refractivity contribution in [2.45, 2.75) is 39.2 Å². The van der Waals surface area contributed by atoms with Gasteiger partial charge in [0.25, 0.3) is 0 Å². The van der Waals surface area contributed by atoms with E-state index in [4.69, 9.17) is 0 Å². The van der Waals surface area contributed by atoms with Gasteiger partial charge in [0.05, 0.1) is 11.5 Å². The molecule has 0 aliphatic carbocycles. The molecule has 1 saturated heterocycles. The molecule has 124 valence electrons. The summed E-state index contributed by atoms with van der Waals surface area (Å²) in [4.78, 5) is 15.5. The highest BCUT2D eigenvalue weighted by Crippen LogP contribution is 2.22. The minimum absolute atomic E-state index is 0.153. The van der Waals surface area contributed by atoms with E-state index in [2.05, 4.69) is 38.2 Å². The molecule has 3 heterocycles. The van der Waals surface area contributed by atoms with Crippen molar-refractivity contribution >= 4 is 16.9 Å². The van der Waals surface area contributed by atoms with Gasteiger partial charge in [-0.2, -0.15) is 0 Å². The lowest BCUT2D eigenvalue weighted by molar-refractivity contribution is 0.0706. The summed E-state index contributed by atoms with van der Waals surface area (Å²) in [6.45, 7) is 7.80. The van der Waals surface area contributed by atoms with Crippen LogP contribution in [-0.4, -0.2) is 57.2 Å². The number of nitrogens with zero attached hydrogens (tertiary/aromatic N) is 4. The molecular formula is C17H25N5O. The van der Waals surface area contributed by atoms with Gasteiger partial charge in [0.2, 0.25) is 0 Å². The topological polar surface area (TPSA) is 74.2 Å². The second kappa shape index (κ2) is 7.19. The van der Waals surface area contributed by atoms with Crippen LogP contribution in [0.25, 0.3) is 11.0 Å². The molecule has 2 aromatic rings. The molecule has 0 bridgehead atoms. The third-order valence-corrected chi connectivity index (χ3v) is 4.35. The Morgan fingerprint density at radius 3 is 3.04 bits per heavy atom. The summed E-state index contributed by atoms with van der Waals surface area (Å²) in [6, 6.07) is 2.06. The zero-order valence-corrected chi connectivity index (χ0v) is 13.9. The molecule has 0 radical (unpaired) electrons. The van der Waals surface area contributed by atoms with Crippen LogP contribution in [0.3, 0.4) is 0 Å². The number of aliphatic hydroxyl groups excluding tert-OH is 1. The number of aryl methyl sites for hydroxylation is 2. The van der Waals surface area contributed by atoms with Crippen LogP contribution in [0.4, 0.5) is 5.82 Å². The Balaban J connectivity index is 1.59. The van der Waals surface area contributed by atoms with Gasteiger partial charge < -0.3 is 15.3 Å². The number of piperidine rings is 1. The van der Waals surface area contributed by atoms with Gasteiger partial charge in [-0.05, 0) is 57.8 Å². The van der Waals surface area contributed by atoms with Crippen molar-refractivity contribution in [2.75, 3.05) is 31.5 Å². The highest BCUT2D eigenvalue weighted by molar-refractivity contribution is 5.89. The Labute approximate surface area is 137 Å². The van der Waals surface area contributed by atoms with E-state index >= 15 is 0 Å². The van der Waals surface area contributed by atoms with Gasteiger partial charge in [-0.25, -0.2) is 15.0 Å². The predicted octanol–water partition coefficient (Wildman–Crippen LogP) is 1.90. The first kappa shape index (κ1) is 16.1. The average molecular weight is 315 g/mol. The second-order valence-electron chi connectivity index (χ2n) is 6.38. The molecular weight excluding hydrogens is 290 g/mol. The second-order valence-corrected chi connectivity index (χ2v) is 6.38. The molecule has 0 unspecified atom stereocenters. The number of pyridine rings is 1. The highest BCUT2D eigenvalue weighted by atomic mass is 16.3. The average Bonchev–Trinajstić information content (AvgIpc) is 2.51. The number of β-amino-alcohol motifs (C(OH)–C–C–N with tert-alkyl or cyclic N) is 1. The molecule has 2 N–H and O–H groups in total. The van der Waals surface area contributed by atoms with E-state index < -0.39 is 0 Å². The van der Waals surface area contributed by atoms with E-state index in [-0.39, 0.29) is 6.10 Å². The van der Waals surface area contributed by atoms with Crippen LogP contribution >= 0.6 is 0 Å². The van der Waals surface area contributed by atoms with Gasteiger partial charge in [-0.15, -0.1) is 0 Å². The zero-order valence-electron chi connectivity index (χ0n) is 13.9. The molecule has 1 atom stereocenters. The third kappa shape index (κ3) is 3.95. The SMILES string of the molecule is Cc1cc(C)c2c(NCCCN3CCC[C@H](O)C3)ncnc2n1. The van der Waals surface area contributed by atoms with Gasteiger partial charge in [-0.3, -0.25) is 0 Å². The summed E-state index contributed by atoms with van der Waals surface area (Å²) in [5.74, 6) is 0.860. The lowest BCUT2D eigenvalue weighted by atomic mass is 10.1. The maximum atomic E-state index is 9.70. The molecule has 1 aliphatic heterocycles. The van der Waals surface area contributed by atoms with E-state index in [1.807, 2.05) is 6.92 Å². The van der Waals surface area contributed by atoms with Crippen molar-refractivity contribution in [3.63, 3.8) is 0 Å². The lowest BCUT2D eigenvalue weighted by Crippen LogP contribution is -2.39. The predicted molar refractivity (Wildman–Crippen MR) is 91.6 cm³/mol. The van der Waals surface area contributed by atoms with E-state index in [0.717, 1.165) is 73.6 Å². The zero-order chi connectivity index (χ0) is 16.2. The Morgan fingerprint density at radius 2 is 2.22 bits per heavy atom. The van der Waals surface area contributed by atoms with Crippen molar-refractivity contribution in [1.82, 2.24) is 19.9 Å². The summed E-state index contributed by atoms with van der Waals surface area (Å²) in [6.07, 6.45) is 4.47. The minimum Gasteiger partial charge on any atom is -0.392 e. The summed E-state index contributed by atoms with van der Waals surface area (Å²) in [5.41, 5.74) is 2.87. The largest absolute Gasteiger partial charge is 0.392 e. The number of aromatic nitrogens is 3. The Bertz CT molecular complexity index is 675. The van der Waals surface area contributed by atoms with Crippen LogP contribution < -0.4 is 5.32 Å². The first-order chi connectivity index (χ1) is 11.1. The van der Waals surface area contributed by atoms with E-state index in [1.54, 1.807) is 6.33 Å². The van der Waals surface area contributed by atoms with Crippen LogP contribution in [0.2, 0.25) is 0 Å². The molecule has 2 aromatic heterocycles. The standard InChI is InChI=1S/C17H25N5O/c1-12-9-13(2)21-17-15(12)16(19-11-20-17)18-6-4-8-22-7-3-5-14(23)10-22/h9,11,14,23H,3-8,10H2,1-2H3,(H,18,19,20,21)/t14-/m0/s1. The van der Waals surface area contributed by atoms with Crippen molar-refractivity contribution in [3.8, 4) is 0 Å². The van der Waals surface area contributed by atoms with E-state index in [1.165, 1.54) is 0 Å². The molecule has 23 heavy (non-hydrogen) atoms. The molecule has 0 aromatic carbocycles. The van der Waals surface area contributed by atoms with E-state index in [9.17, 15) is 5.11 Å². The van der Waals surface area contributed by atoms with Gasteiger partial charge in [-0.1, -0.05) is 0 Å². The molecule has 0 amide bonds. The van der Waals surface area contributed by atoms with Gasteiger partial charge in [0, 0.05) is 18.8 Å². The lowest BCUT2D eigenvalue weighted by Gasteiger charge is -2.29. The summed E-state index contributed by atoms with van der Waals surface area (Å²) < 4.78 is 0. The van der Waals surface area contributed by atoms with Crippen LogP contribution in [-0.2, 0) is 0 Å². The number of likely N-dealkylation sites (tertiary alicyclic amines) is 1. The van der Waals surface area contributed by atoms with Crippen molar-refractivity contribution in [3.05, 3.63) is 23.7 Å². The van der Waals surface area contributed by atoms with Gasteiger partial charge in [0.1, 0.15) is 12.1 Å². The Kier molecular flexibility index (Phi) is 5.03. The number of fused-ring (bicyclic) bond motifs is 1. The van der Waals surface area contributed by atoms with Crippen LogP contribution in [0.15, 0.2) is 12.4 Å². The molecule has 6 heteroatoms. The maximum absolute atomic E-state index is 9.70. The summed E-state index contributed by atoms with van der Waals surface area (Å²) in [7, 11) is 0. The molecule has 1 fully saturated rings. The summed E-state index contributed by atoms with van der Waals surface area (Å²) in [5, 5.41) is 14.1. The summed E-state index contributed by atoms with van der Waals surface area (Å²) >= 11 is 0. The number of nitrogens with one attached hydrogen (secondary N) is 1. The number of rotatable bonds is 5. The maximum Gasteiger partial charge on any atom is 0.165 e. The number of aliphatic hydroxyl groups is 1. The molecule has 1 aliphatic rings. The minimum atomic E-state index is -0.153. The fourth-order valence-electron chi connectivity index (χ4n) is 3.29. The normalized spacial score (nSPS) is 19.2. The van der Waals surface area contributed by atoms with Gasteiger partial charge >= 0.3 is 0 Å². The number of anilines is 1. The number of hydrogen-bond donors (Lipinski definition) is 2. The molecule has 0 saturated carbocycles. The van der Waals surface area contributed by atoms with Crippen molar-refractivity contribution in [2.24, 2.45) is 0 Å². The number of hydrogen-bond acceptors (Lipinski definition) is 6. The van der Waals surface area contributed by atoms with Crippen molar-refractivity contribution in [1.29, 1.82) is 0 Å². The van der Waals surface area contributed by atoms with Crippen LogP contribution in [0.5, 0.6) is 0 Å². The van der Waals surface area contributed by atoms with Crippen LogP contribution in [0.1, 0.15) is 30.5 Å². The Morgan fingerprint density at radius 1 is 1.35 bits per heavy atom. The quantitative estimate of drug-likeness (QED) is 0.821.